The second kappa shape index (κ2) is 6.63. The topological polar surface area (TPSA) is 44.8 Å². The lowest BCUT2D eigenvalue weighted by molar-refractivity contribution is -0.151. The van der Waals surface area contributed by atoms with Gasteiger partial charge in [0, 0.05) is 31.7 Å². The summed E-state index contributed by atoms with van der Waals surface area (Å²) in [5, 5.41) is 3.51. The smallest absolute Gasteiger partial charge is 0.327 e. The van der Waals surface area contributed by atoms with E-state index in [1.54, 1.807) is 0 Å². The molecule has 2 fully saturated rings. The number of ether oxygens (including phenoxy) is 1. The van der Waals surface area contributed by atoms with Gasteiger partial charge in [0.2, 0.25) is 0 Å². The van der Waals surface area contributed by atoms with Crippen LogP contribution in [0.5, 0.6) is 0 Å². The summed E-state index contributed by atoms with van der Waals surface area (Å²) in [7, 11) is 4.27. The predicted molar refractivity (Wildman–Crippen MR) is 84.3 cm³/mol. The van der Waals surface area contributed by atoms with Crippen LogP contribution in [0.3, 0.4) is 0 Å². The molecule has 3 unspecified atom stereocenters. The molecule has 0 spiro atoms. The Balaban J connectivity index is 2.00. The van der Waals surface area contributed by atoms with Crippen molar-refractivity contribution in [2.45, 2.75) is 51.2 Å². The number of esters is 1. The highest BCUT2D eigenvalue weighted by atomic mass is 16.5. The average Bonchev–Trinajstić information content (AvgIpc) is 3.11. The Kier molecular flexibility index (Phi) is 5.28. The Morgan fingerprint density at radius 2 is 2.05 bits per heavy atom. The maximum Gasteiger partial charge on any atom is 0.327 e. The van der Waals surface area contributed by atoms with Gasteiger partial charge in [-0.25, -0.2) is 0 Å². The van der Waals surface area contributed by atoms with Crippen molar-refractivity contribution in [1.82, 2.24) is 15.1 Å². The minimum atomic E-state index is -0.585. The lowest BCUT2D eigenvalue weighted by Crippen LogP contribution is -2.58. The Labute approximate surface area is 129 Å². The van der Waals surface area contributed by atoms with Gasteiger partial charge in [-0.15, -0.1) is 0 Å². The van der Waals surface area contributed by atoms with Crippen molar-refractivity contribution in [3.8, 4) is 0 Å². The molecule has 1 aliphatic heterocycles. The number of carbonyl (C=O) groups excluding carboxylic acids is 1. The van der Waals surface area contributed by atoms with E-state index in [9.17, 15) is 4.79 Å². The predicted octanol–water partition coefficient (Wildman–Crippen LogP) is 0.942. The molecule has 21 heavy (non-hydrogen) atoms. The minimum Gasteiger partial charge on any atom is -0.465 e. The molecule has 0 aromatic carbocycles. The largest absolute Gasteiger partial charge is 0.465 e. The fraction of sp³-hybridized carbons (Fsp3) is 0.938. The number of likely N-dealkylation sites (N-methyl/N-ethyl adjacent to an activating group) is 1. The van der Waals surface area contributed by atoms with E-state index in [1.165, 1.54) is 12.8 Å². The fourth-order valence-corrected chi connectivity index (χ4v) is 3.43. The van der Waals surface area contributed by atoms with E-state index >= 15 is 0 Å². The standard InChI is InChI=1S/C16H31N3O2/c1-6-21-15(20)16(3,17-13-7-8-13)11-19-9-12(2)14(10-19)18(4)5/h12-14,17H,6-11H2,1-5H3. The van der Waals surface area contributed by atoms with Gasteiger partial charge in [0.1, 0.15) is 5.54 Å². The Morgan fingerprint density at radius 3 is 2.52 bits per heavy atom. The molecule has 0 bridgehead atoms. The van der Waals surface area contributed by atoms with E-state index in [1.807, 2.05) is 13.8 Å². The second-order valence-corrected chi connectivity index (χ2v) is 7.17. The van der Waals surface area contributed by atoms with Crippen molar-refractivity contribution in [2.75, 3.05) is 40.3 Å². The lowest BCUT2D eigenvalue weighted by Gasteiger charge is -2.33. The van der Waals surface area contributed by atoms with Gasteiger partial charge in [-0.2, -0.15) is 0 Å². The molecule has 5 heteroatoms. The Hall–Kier alpha value is -0.650. The van der Waals surface area contributed by atoms with Crippen LogP contribution < -0.4 is 5.32 Å². The zero-order valence-corrected chi connectivity index (χ0v) is 14.2. The summed E-state index contributed by atoms with van der Waals surface area (Å²) in [6.45, 7) is 9.40. The van der Waals surface area contributed by atoms with E-state index < -0.39 is 5.54 Å². The molecular formula is C16H31N3O2. The number of rotatable bonds is 7. The monoisotopic (exact) mass is 297 g/mol. The third kappa shape index (κ3) is 4.18. The molecule has 0 aromatic rings. The van der Waals surface area contributed by atoms with E-state index in [2.05, 4.69) is 36.1 Å². The van der Waals surface area contributed by atoms with Crippen LogP contribution in [0.1, 0.15) is 33.6 Å². The number of nitrogens with zero attached hydrogens (tertiary/aromatic N) is 2. The highest BCUT2D eigenvalue weighted by Gasteiger charge is 2.43. The first kappa shape index (κ1) is 16.7. The summed E-state index contributed by atoms with van der Waals surface area (Å²) in [4.78, 5) is 17.1. The van der Waals surface area contributed by atoms with Crippen molar-refractivity contribution in [2.24, 2.45) is 5.92 Å². The molecule has 1 saturated carbocycles. The number of carbonyl (C=O) groups is 1. The molecular weight excluding hydrogens is 266 g/mol. The van der Waals surface area contributed by atoms with Crippen LogP contribution in [0.15, 0.2) is 0 Å². The average molecular weight is 297 g/mol. The molecule has 0 aromatic heterocycles. The third-order valence-electron chi connectivity index (χ3n) is 4.68. The maximum atomic E-state index is 12.4. The second-order valence-electron chi connectivity index (χ2n) is 7.17. The van der Waals surface area contributed by atoms with E-state index in [-0.39, 0.29) is 5.97 Å². The molecule has 1 N–H and O–H groups in total. The van der Waals surface area contributed by atoms with Crippen LogP contribution in [0.2, 0.25) is 0 Å². The van der Waals surface area contributed by atoms with E-state index in [4.69, 9.17) is 4.74 Å². The molecule has 1 saturated heterocycles. The van der Waals surface area contributed by atoms with Crippen molar-refractivity contribution < 1.29 is 9.53 Å². The van der Waals surface area contributed by atoms with Gasteiger partial charge < -0.3 is 9.64 Å². The van der Waals surface area contributed by atoms with Crippen molar-refractivity contribution in [3.63, 3.8) is 0 Å². The van der Waals surface area contributed by atoms with Crippen LogP contribution in [0.25, 0.3) is 0 Å². The summed E-state index contributed by atoms with van der Waals surface area (Å²) in [5.74, 6) is 0.519. The molecule has 122 valence electrons. The summed E-state index contributed by atoms with van der Waals surface area (Å²) < 4.78 is 5.31. The van der Waals surface area contributed by atoms with Crippen LogP contribution in [0, 0.1) is 5.92 Å². The van der Waals surface area contributed by atoms with E-state index in [0.717, 1.165) is 19.6 Å². The van der Waals surface area contributed by atoms with Gasteiger partial charge in [0.15, 0.2) is 0 Å². The first-order valence-corrected chi connectivity index (χ1v) is 8.19. The first-order chi connectivity index (χ1) is 9.85. The summed E-state index contributed by atoms with van der Waals surface area (Å²) in [5.41, 5.74) is -0.585. The van der Waals surface area contributed by atoms with E-state index in [0.29, 0.717) is 24.6 Å². The zero-order chi connectivity index (χ0) is 15.6. The molecule has 2 aliphatic rings. The molecule has 0 radical (unpaired) electrons. The zero-order valence-electron chi connectivity index (χ0n) is 14.2. The maximum absolute atomic E-state index is 12.4. The lowest BCUT2D eigenvalue weighted by atomic mass is 10.0. The molecule has 1 heterocycles. The van der Waals surface area contributed by atoms with Crippen LogP contribution >= 0.6 is 0 Å². The van der Waals surface area contributed by atoms with Gasteiger partial charge in [0.05, 0.1) is 6.61 Å². The number of likely N-dealkylation sites (tertiary alicyclic amines) is 1. The highest BCUT2D eigenvalue weighted by molar-refractivity contribution is 5.80. The molecule has 0 amide bonds. The summed E-state index contributed by atoms with van der Waals surface area (Å²) in [6.07, 6.45) is 2.34. The first-order valence-electron chi connectivity index (χ1n) is 8.19. The van der Waals surface area contributed by atoms with Crippen LogP contribution in [-0.4, -0.2) is 73.7 Å². The minimum absolute atomic E-state index is 0.113. The molecule has 1 aliphatic carbocycles. The van der Waals surface area contributed by atoms with Crippen molar-refractivity contribution in [3.05, 3.63) is 0 Å². The van der Waals surface area contributed by atoms with Gasteiger partial charge in [-0.3, -0.25) is 15.0 Å². The Bertz CT molecular complexity index is 371. The molecule has 5 nitrogen and oxygen atoms in total. The van der Waals surface area contributed by atoms with Gasteiger partial charge in [-0.05, 0) is 46.7 Å². The normalized spacial score (nSPS) is 29.6. The SMILES string of the molecule is CCOC(=O)C(C)(CN1CC(C)C(N(C)C)C1)NC1CC1. The Morgan fingerprint density at radius 1 is 1.38 bits per heavy atom. The van der Waals surface area contributed by atoms with Crippen LogP contribution in [0.4, 0.5) is 0 Å². The number of nitrogens with one attached hydrogen (secondary N) is 1. The third-order valence-corrected chi connectivity index (χ3v) is 4.68. The van der Waals surface area contributed by atoms with Gasteiger partial charge >= 0.3 is 5.97 Å². The van der Waals surface area contributed by atoms with Gasteiger partial charge in [0.25, 0.3) is 0 Å². The highest BCUT2D eigenvalue weighted by Crippen LogP contribution is 2.26. The quantitative estimate of drug-likeness (QED) is 0.709. The summed E-state index contributed by atoms with van der Waals surface area (Å²) >= 11 is 0. The fourth-order valence-electron chi connectivity index (χ4n) is 3.43. The number of hydrogen-bond acceptors (Lipinski definition) is 5. The summed E-state index contributed by atoms with van der Waals surface area (Å²) in [6, 6.07) is 1.06. The van der Waals surface area contributed by atoms with Crippen molar-refractivity contribution >= 4 is 5.97 Å². The van der Waals surface area contributed by atoms with Crippen LogP contribution in [-0.2, 0) is 9.53 Å². The van der Waals surface area contributed by atoms with Crippen molar-refractivity contribution in [1.29, 1.82) is 0 Å². The molecule has 2 rings (SSSR count). The number of hydrogen-bond donors (Lipinski definition) is 1. The molecule has 3 atom stereocenters. The van der Waals surface area contributed by atoms with Gasteiger partial charge in [-0.1, -0.05) is 6.92 Å².